The summed E-state index contributed by atoms with van der Waals surface area (Å²) in [5, 5.41) is 0. The second-order valence-electron chi connectivity index (χ2n) is 9.38. The number of rotatable bonds is 10. The van der Waals surface area contributed by atoms with Crippen LogP contribution in [0.3, 0.4) is 0 Å². The first-order valence-corrected chi connectivity index (χ1v) is 13.3. The lowest BCUT2D eigenvalue weighted by Crippen LogP contribution is -2.15. The molecule has 0 heterocycles. The molecule has 0 aliphatic carbocycles. The van der Waals surface area contributed by atoms with E-state index < -0.39 is 0 Å². The summed E-state index contributed by atoms with van der Waals surface area (Å²) in [5.74, 6) is 2.97. The van der Waals surface area contributed by atoms with Crippen LogP contribution in [0.2, 0.25) is 0 Å². The Morgan fingerprint density at radius 3 is 0.927 bits per heavy atom. The summed E-state index contributed by atoms with van der Waals surface area (Å²) >= 11 is 0. The van der Waals surface area contributed by atoms with E-state index in [2.05, 4.69) is 34.9 Å². The summed E-state index contributed by atoms with van der Waals surface area (Å²) in [6, 6.07) is 38.4. The Balaban J connectivity index is 1.80. The van der Waals surface area contributed by atoms with Gasteiger partial charge in [-0.2, -0.15) is 0 Å². The number of hydrogen-bond donors (Lipinski definition) is 0. The van der Waals surface area contributed by atoms with Crippen molar-refractivity contribution in [2.45, 2.75) is 6.92 Å². The van der Waals surface area contributed by atoms with Gasteiger partial charge in [-0.05, 0) is 79.2 Å². The lowest BCUT2D eigenvalue weighted by atomic mass is 10.1. The first-order chi connectivity index (χ1) is 20.1. The molecule has 0 radical (unpaired) electrons. The minimum absolute atomic E-state index is 0.743. The van der Waals surface area contributed by atoms with Gasteiger partial charge in [0.2, 0.25) is 0 Å². The standard InChI is InChI=1S/C35H34N2O4/c1-25-22-26(36(28-14-6-10-18-32(28)38-2)29-15-7-11-19-33(29)39-3)24-27(23-25)37(30-16-8-12-20-34(30)40-4)31-17-9-13-21-35(31)41-5/h6-24H,1-5H3. The van der Waals surface area contributed by atoms with Crippen molar-refractivity contribution in [3.05, 3.63) is 121 Å². The normalized spacial score (nSPS) is 10.6. The molecule has 0 unspecified atom stereocenters. The van der Waals surface area contributed by atoms with Gasteiger partial charge in [0.15, 0.2) is 0 Å². The van der Waals surface area contributed by atoms with Crippen molar-refractivity contribution >= 4 is 34.1 Å². The predicted octanol–water partition coefficient (Wildman–Crippen LogP) is 8.97. The number of nitrogens with zero attached hydrogens (tertiary/aromatic N) is 2. The molecule has 41 heavy (non-hydrogen) atoms. The van der Waals surface area contributed by atoms with Gasteiger partial charge in [-0.25, -0.2) is 0 Å². The van der Waals surface area contributed by atoms with Crippen molar-refractivity contribution in [2.75, 3.05) is 38.2 Å². The second-order valence-corrected chi connectivity index (χ2v) is 9.38. The Labute approximate surface area is 241 Å². The van der Waals surface area contributed by atoms with Crippen LogP contribution in [0.15, 0.2) is 115 Å². The topological polar surface area (TPSA) is 43.4 Å². The number of hydrogen-bond acceptors (Lipinski definition) is 6. The van der Waals surface area contributed by atoms with Crippen molar-refractivity contribution in [1.29, 1.82) is 0 Å². The highest BCUT2D eigenvalue weighted by atomic mass is 16.5. The maximum atomic E-state index is 5.82. The molecule has 0 saturated carbocycles. The summed E-state index contributed by atoms with van der Waals surface area (Å²) in [5.41, 5.74) is 6.48. The van der Waals surface area contributed by atoms with Gasteiger partial charge in [0.05, 0.1) is 51.2 Å². The first-order valence-electron chi connectivity index (χ1n) is 13.3. The summed E-state index contributed by atoms with van der Waals surface area (Å²) < 4.78 is 23.3. The fraction of sp³-hybridized carbons (Fsp3) is 0.143. The molecule has 6 nitrogen and oxygen atoms in total. The van der Waals surface area contributed by atoms with Gasteiger partial charge in [0.1, 0.15) is 23.0 Å². The van der Waals surface area contributed by atoms with Crippen LogP contribution in [0.5, 0.6) is 23.0 Å². The molecule has 5 aromatic carbocycles. The molecule has 0 aromatic heterocycles. The summed E-state index contributed by atoms with van der Waals surface area (Å²) in [6.45, 7) is 2.10. The molecule has 6 heteroatoms. The van der Waals surface area contributed by atoms with E-state index in [1.54, 1.807) is 28.4 Å². The summed E-state index contributed by atoms with van der Waals surface area (Å²) in [6.07, 6.45) is 0. The van der Waals surface area contributed by atoms with E-state index in [0.29, 0.717) is 0 Å². The Morgan fingerprint density at radius 2 is 0.659 bits per heavy atom. The SMILES string of the molecule is COc1ccccc1N(c1cc(C)cc(N(c2ccccc2OC)c2ccccc2OC)c1)c1ccccc1OC. The maximum absolute atomic E-state index is 5.82. The van der Waals surface area contributed by atoms with Crippen LogP contribution >= 0.6 is 0 Å². The molecule has 0 aliphatic rings. The molecular weight excluding hydrogens is 512 g/mol. The molecule has 0 aliphatic heterocycles. The van der Waals surface area contributed by atoms with E-state index in [-0.39, 0.29) is 0 Å². The fourth-order valence-corrected chi connectivity index (χ4v) is 5.08. The Morgan fingerprint density at radius 1 is 0.390 bits per heavy atom. The van der Waals surface area contributed by atoms with Crippen molar-refractivity contribution in [1.82, 2.24) is 0 Å². The van der Waals surface area contributed by atoms with Crippen molar-refractivity contribution in [3.63, 3.8) is 0 Å². The molecule has 0 bridgehead atoms. The van der Waals surface area contributed by atoms with E-state index in [1.807, 2.05) is 97.1 Å². The maximum Gasteiger partial charge on any atom is 0.142 e. The average molecular weight is 547 g/mol. The van der Waals surface area contributed by atoms with Crippen molar-refractivity contribution in [3.8, 4) is 23.0 Å². The highest BCUT2D eigenvalue weighted by molar-refractivity contribution is 5.88. The highest BCUT2D eigenvalue weighted by Crippen LogP contribution is 2.48. The number of aryl methyl sites for hydroxylation is 1. The third-order valence-electron chi connectivity index (χ3n) is 6.87. The minimum atomic E-state index is 0.743. The molecule has 0 N–H and O–H groups in total. The van der Waals surface area contributed by atoms with E-state index >= 15 is 0 Å². The van der Waals surface area contributed by atoms with Crippen LogP contribution in [-0.4, -0.2) is 28.4 Å². The lowest BCUT2D eigenvalue weighted by Gasteiger charge is -2.32. The smallest absolute Gasteiger partial charge is 0.142 e. The molecule has 0 atom stereocenters. The van der Waals surface area contributed by atoms with Gasteiger partial charge in [-0.15, -0.1) is 0 Å². The van der Waals surface area contributed by atoms with Crippen LogP contribution in [-0.2, 0) is 0 Å². The molecular formula is C35H34N2O4. The van der Waals surface area contributed by atoms with E-state index in [9.17, 15) is 0 Å². The molecule has 0 fully saturated rings. The summed E-state index contributed by atoms with van der Waals surface area (Å²) in [7, 11) is 6.75. The van der Waals surface area contributed by atoms with Gasteiger partial charge in [-0.3, -0.25) is 0 Å². The Kier molecular flexibility index (Phi) is 8.30. The van der Waals surface area contributed by atoms with Crippen LogP contribution in [0.4, 0.5) is 34.1 Å². The first kappa shape index (κ1) is 27.5. The van der Waals surface area contributed by atoms with Gasteiger partial charge in [-0.1, -0.05) is 48.5 Å². The highest BCUT2D eigenvalue weighted by Gasteiger charge is 2.24. The monoisotopic (exact) mass is 546 g/mol. The van der Waals surface area contributed by atoms with Crippen LogP contribution < -0.4 is 28.7 Å². The Hall–Kier alpha value is -5.10. The van der Waals surface area contributed by atoms with E-state index in [4.69, 9.17) is 18.9 Å². The van der Waals surface area contributed by atoms with Crippen molar-refractivity contribution < 1.29 is 18.9 Å². The third kappa shape index (κ3) is 5.50. The molecule has 5 rings (SSSR count). The van der Waals surface area contributed by atoms with Gasteiger partial charge < -0.3 is 28.7 Å². The number of benzene rings is 5. The van der Waals surface area contributed by atoms with Crippen LogP contribution in [0.1, 0.15) is 5.56 Å². The number of ether oxygens (including phenoxy) is 4. The van der Waals surface area contributed by atoms with Gasteiger partial charge in [0.25, 0.3) is 0 Å². The zero-order valence-corrected chi connectivity index (χ0v) is 24.0. The number of para-hydroxylation sites is 8. The van der Waals surface area contributed by atoms with Crippen LogP contribution in [0, 0.1) is 6.92 Å². The number of methoxy groups -OCH3 is 4. The average Bonchev–Trinajstić information content (AvgIpc) is 3.02. The molecule has 0 saturated heterocycles. The van der Waals surface area contributed by atoms with E-state index in [0.717, 1.165) is 62.7 Å². The van der Waals surface area contributed by atoms with Gasteiger partial charge in [0, 0.05) is 11.4 Å². The lowest BCUT2D eigenvalue weighted by molar-refractivity contribution is 0.412. The summed E-state index contributed by atoms with van der Waals surface area (Å²) in [4.78, 5) is 4.33. The zero-order chi connectivity index (χ0) is 28.8. The largest absolute Gasteiger partial charge is 0.495 e. The van der Waals surface area contributed by atoms with Crippen molar-refractivity contribution in [2.24, 2.45) is 0 Å². The third-order valence-corrected chi connectivity index (χ3v) is 6.87. The molecule has 5 aromatic rings. The fourth-order valence-electron chi connectivity index (χ4n) is 5.08. The quantitative estimate of drug-likeness (QED) is 0.174. The second kappa shape index (κ2) is 12.4. The zero-order valence-electron chi connectivity index (χ0n) is 24.0. The molecule has 0 amide bonds. The minimum Gasteiger partial charge on any atom is -0.495 e. The number of anilines is 6. The molecule has 0 spiro atoms. The predicted molar refractivity (Wildman–Crippen MR) is 167 cm³/mol. The van der Waals surface area contributed by atoms with Crippen LogP contribution in [0.25, 0.3) is 0 Å². The Bertz CT molecular complexity index is 1420. The van der Waals surface area contributed by atoms with Gasteiger partial charge >= 0.3 is 0 Å². The van der Waals surface area contributed by atoms with E-state index in [1.165, 1.54) is 0 Å². The molecule has 208 valence electrons.